The molecule has 224 valence electrons. The van der Waals surface area contributed by atoms with E-state index in [4.69, 9.17) is 9.52 Å². The van der Waals surface area contributed by atoms with E-state index in [0.29, 0.717) is 23.6 Å². The van der Waals surface area contributed by atoms with Crippen molar-refractivity contribution in [1.82, 2.24) is 5.01 Å². The Kier molecular flexibility index (Phi) is 8.52. The first-order valence-corrected chi connectivity index (χ1v) is 14.7. The van der Waals surface area contributed by atoms with Crippen molar-refractivity contribution in [2.24, 2.45) is 16.4 Å². The van der Waals surface area contributed by atoms with E-state index < -0.39 is 11.9 Å². The highest BCUT2D eigenvalue weighted by Crippen LogP contribution is 2.36. The van der Waals surface area contributed by atoms with Crippen molar-refractivity contribution in [1.29, 1.82) is 0 Å². The van der Waals surface area contributed by atoms with Crippen molar-refractivity contribution in [2.45, 2.75) is 52.9 Å². The number of aromatic carboxylic acids is 1. The van der Waals surface area contributed by atoms with Crippen molar-refractivity contribution >= 4 is 35.0 Å². The number of carbonyl (C=O) groups is 3. The van der Waals surface area contributed by atoms with Gasteiger partial charge in [-0.15, -0.1) is 0 Å². The maximum absolute atomic E-state index is 14.1. The molecule has 0 saturated heterocycles. The molecule has 1 aromatic heterocycles. The fourth-order valence-corrected chi connectivity index (χ4v) is 5.45. The lowest BCUT2D eigenvalue weighted by molar-refractivity contribution is -0.116. The van der Waals surface area contributed by atoms with Crippen LogP contribution in [0.1, 0.15) is 69.0 Å². The van der Waals surface area contributed by atoms with Gasteiger partial charge in [-0.2, -0.15) is 5.10 Å². The van der Waals surface area contributed by atoms with Crippen LogP contribution in [0, 0.1) is 11.3 Å². The average molecular weight is 583 g/mol. The van der Waals surface area contributed by atoms with Gasteiger partial charge in [-0.05, 0) is 48.6 Å². The molecule has 0 spiro atoms. The largest absolute Gasteiger partial charge is 0.475 e. The van der Waals surface area contributed by atoms with Crippen molar-refractivity contribution in [2.75, 3.05) is 23.3 Å². The molecule has 2 aromatic carbocycles. The Labute approximate surface area is 251 Å². The molecule has 1 saturated carbocycles. The number of urea groups is 1. The molecule has 0 radical (unpaired) electrons. The molecule has 9 heteroatoms. The minimum atomic E-state index is -1.16. The number of para-hydroxylation sites is 1. The van der Waals surface area contributed by atoms with Crippen LogP contribution in [-0.2, 0) is 4.79 Å². The highest BCUT2D eigenvalue weighted by molar-refractivity contribution is 6.12. The SMILES string of the molecule is C=C(CN1C(=O)N(CC(=O)Nc2cccc(-c3ccc(C(=O)O)o3)c2)N=C(C2CCCCC2)c2ccccc21)C(C)(C)C. The summed E-state index contributed by atoms with van der Waals surface area (Å²) in [6.07, 6.45) is 5.36. The second-order valence-corrected chi connectivity index (χ2v) is 12.2. The smallest absolute Gasteiger partial charge is 0.371 e. The third-order valence-electron chi connectivity index (χ3n) is 8.09. The number of rotatable bonds is 8. The van der Waals surface area contributed by atoms with Gasteiger partial charge in [0.25, 0.3) is 0 Å². The number of amides is 3. The molecular formula is C34H38N4O5. The Balaban J connectivity index is 1.44. The van der Waals surface area contributed by atoms with Gasteiger partial charge in [-0.3, -0.25) is 9.69 Å². The minimum absolute atomic E-state index is 0.171. The predicted octanol–water partition coefficient (Wildman–Crippen LogP) is 7.41. The van der Waals surface area contributed by atoms with Gasteiger partial charge < -0.3 is 14.8 Å². The van der Waals surface area contributed by atoms with Gasteiger partial charge in [-0.25, -0.2) is 14.6 Å². The molecule has 0 unspecified atom stereocenters. The van der Waals surface area contributed by atoms with Crippen molar-refractivity contribution < 1.29 is 23.9 Å². The van der Waals surface area contributed by atoms with Gasteiger partial charge in [-0.1, -0.05) is 82.5 Å². The van der Waals surface area contributed by atoms with Crippen LogP contribution in [0.15, 0.2) is 82.3 Å². The lowest BCUT2D eigenvalue weighted by Crippen LogP contribution is -2.44. The summed E-state index contributed by atoms with van der Waals surface area (Å²) in [7, 11) is 0. The van der Waals surface area contributed by atoms with Crippen molar-refractivity contribution in [3.63, 3.8) is 0 Å². The Bertz CT molecular complexity index is 1580. The maximum Gasteiger partial charge on any atom is 0.371 e. The van der Waals surface area contributed by atoms with Crippen LogP contribution in [0.5, 0.6) is 0 Å². The average Bonchev–Trinajstić information content (AvgIpc) is 3.45. The Hall–Kier alpha value is -4.66. The number of hydrogen-bond acceptors (Lipinski definition) is 5. The predicted molar refractivity (Wildman–Crippen MR) is 167 cm³/mol. The van der Waals surface area contributed by atoms with Crippen LogP contribution in [0.25, 0.3) is 11.3 Å². The van der Waals surface area contributed by atoms with Crippen molar-refractivity contribution in [3.8, 4) is 11.3 Å². The van der Waals surface area contributed by atoms with Crippen LogP contribution in [0.3, 0.4) is 0 Å². The van der Waals surface area contributed by atoms with Crippen LogP contribution in [0.2, 0.25) is 0 Å². The number of furan rings is 1. The second-order valence-electron chi connectivity index (χ2n) is 12.2. The van der Waals surface area contributed by atoms with E-state index >= 15 is 0 Å². The molecule has 1 aliphatic carbocycles. The fourth-order valence-electron chi connectivity index (χ4n) is 5.45. The van der Waals surface area contributed by atoms with Crippen LogP contribution in [-0.4, -0.2) is 46.8 Å². The third kappa shape index (κ3) is 6.71. The van der Waals surface area contributed by atoms with Crippen LogP contribution < -0.4 is 10.2 Å². The third-order valence-corrected chi connectivity index (χ3v) is 8.09. The monoisotopic (exact) mass is 582 g/mol. The summed E-state index contributed by atoms with van der Waals surface area (Å²) in [6, 6.07) is 17.3. The van der Waals surface area contributed by atoms with E-state index in [1.54, 1.807) is 35.2 Å². The summed E-state index contributed by atoms with van der Waals surface area (Å²) >= 11 is 0. The number of carboxylic acids is 1. The minimum Gasteiger partial charge on any atom is -0.475 e. The normalized spacial score (nSPS) is 15.9. The van der Waals surface area contributed by atoms with E-state index in [0.717, 1.165) is 48.2 Å². The number of carbonyl (C=O) groups excluding carboxylic acids is 2. The number of hydrogen-bond donors (Lipinski definition) is 2. The molecule has 2 N–H and O–H groups in total. The molecule has 0 bridgehead atoms. The lowest BCUT2D eigenvalue weighted by Gasteiger charge is -2.31. The van der Waals surface area contributed by atoms with E-state index in [2.05, 4.69) is 32.7 Å². The summed E-state index contributed by atoms with van der Waals surface area (Å²) in [4.78, 5) is 40.5. The van der Waals surface area contributed by atoms with Gasteiger partial charge >= 0.3 is 12.0 Å². The molecule has 1 aliphatic heterocycles. The fraction of sp³-hybridized carbons (Fsp3) is 0.353. The highest BCUT2D eigenvalue weighted by atomic mass is 16.4. The Morgan fingerprint density at radius 2 is 1.77 bits per heavy atom. The van der Waals surface area contributed by atoms with E-state index in [-0.39, 0.29) is 29.7 Å². The zero-order valence-electron chi connectivity index (χ0n) is 24.9. The van der Waals surface area contributed by atoms with Gasteiger partial charge in [0.2, 0.25) is 11.7 Å². The summed E-state index contributed by atoms with van der Waals surface area (Å²) < 4.78 is 5.41. The Morgan fingerprint density at radius 1 is 1.02 bits per heavy atom. The molecule has 2 heterocycles. The summed E-state index contributed by atoms with van der Waals surface area (Å²) in [6.45, 7) is 10.5. The standard InChI is InChI=1S/C34H38N4O5/c1-22(34(2,3)4)20-37-27-16-9-8-15-26(27)31(23-11-6-5-7-12-23)36-38(33(37)42)21-30(39)35-25-14-10-13-24(19-25)28-17-18-29(43-28)32(40)41/h8-10,13-19,23H,1,5-7,11-12,20-21H2,2-4H3,(H,35,39)(H,40,41). The topological polar surface area (TPSA) is 115 Å². The van der Waals surface area contributed by atoms with E-state index in [1.807, 2.05) is 24.3 Å². The molecular weight excluding hydrogens is 544 g/mol. The number of hydrazone groups is 1. The number of carboxylic acid groups (broad SMARTS) is 1. The zero-order valence-corrected chi connectivity index (χ0v) is 24.9. The molecule has 3 amide bonds. The van der Waals surface area contributed by atoms with E-state index in [1.165, 1.54) is 17.5 Å². The maximum atomic E-state index is 14.1. The van der Waals surface area contributed by atoms with Crippen molar-refractivity contribution in [3.05, 3.63) is 84.1 Å². The summed E-state index contributed by atoms with van der Waals surface area (Å²) in [5.74, 6) is -1.18. The van der Waals surface area contributed by atoms with E-state index in [9.17, 15) is 19.5 Å². The molecule has 5 rings (SSSR count). The molecule has 2 aliphatic rings. The number of nitrogens with zero attached hydrogens (tertiary/aromatic N) is 3. The van der Waals surface area contributed by atoms with Gasteiger partial charge in [0.1, 0.15) is 12.3 Å². The molecule has 3 aromatic rings. The van der Waals surface area contributed by atoms with Gasteiger partial charge in [0.15, 0.2) is 0 Å². The quantitative estimate of drug-likeness (QED) is 0.268. The second kappa shape index (κ2) is 12.3. The molecule has 0 atom stereocenters. The van der Waals surface area contributed by atoms with Gasteiger partial charge in [0.05, 0.1) is 11.4 Å². The first-order valence-electron chi connectivity index (χ1n) is 14.7. The molecule has 9 nitrogen and oxygen atoms in total. The highest BCUT2D eigenvalue weighted by Gasteiger charge is 2.35. The van der Waals surface area contributed by atoms with Crippen LogP contribution >= 0.6 is 0 Å². The Morgan fingerprint density at radius 3 is 2.47 bits per heavy atom. The first kappa shape index (κ1) is 29.8. The summed E-state index contributed by atoms with van der Waals surface area (Å²) in [5.41, 5.74) is 4.29. The molecule has 43 heavy (non-hydrogen) atoms. The number of anilines is 2. The number of nitrogens with one attached hydrogen (secondary N) is 1. The first-order chi connectivity index (χ1) is 20.5. The van der Waals surface area contributed by atoms with Gasteiger partial charge in [0, 0.05) is 29.3 Å². The molecule has 1 fully saturated rings. The van der Waals surface area contributed by atoms with Crippen LogP contribution in [0.4, 0.5) is 16.2 Å². The summed E-state index contributed by atoms with van der Waals surface area (Å²) in [5, 5.41) is 18.2. The number of fused-ring (bicyclic) bond motifs is 1. The lowest BCUT2D eigenvalue weighted by atomic mass is 9.82. The number of benzene rings is 2. The zero-order chi connectivity index (χ0) is 30.7.